The molecule has 0 spiro atoms. The van der Waals surface area contributed by atoms with E-state index in [9.17, 15) is 13.2 Å². The van der Waals surface area contributed by atoms with Crippen LogP contribution in [0, 0.1) is 5.92 Å². The number of likely N-dealkylation sites (tertiary alicyclic amines) is 1. The number of benzene rings is 1. The molecule has 0 N–H and O–H groups in total. The lowest BCUT2D eigenvalue weighted by Crippen LogP contribution is -2.38. The first-order chi connectivity index (χ1) is 9.70. The van der Waals surface area contributed by atoms with E-state index in [2.05, 4.69) is 22.9 Å². The molecule has 8 heteroatoms. The minimum Gasteiger partial charge on any atom is -0.339 e. The van der Waals surface area contributed by atoms with Crippen molar-refractivity contribution >= 4 is 53.2 Å². The highest BCUT2D eigenvalue weighted by atomic mass is 79.9. The molecule has 1 amide bonds. The van der Waals surface area contributed by atoms with Crippen LogP contribution < -0.4 is 0 Å². The summed E-state index contributed by atoms with van der Waals surface area (Å²) in [7, 11) is 1.42. The van der Waals surface area contributed by atoms with Crippen LogP contribution in [0.3, 0.4) is 0 Å². The van der Waals surface area contributed by atoms with Crippen molar-refractivity contribution in [3.63, 3.8) is 0 Å². The minimum atomic E-state index is -3.92. The zero-order valence-corrected chi connectivity index (χ0v) is 15.2. The number of carbonyl (C=O) groups excluding carboxylic acids is 1. The summed E-state index contributed by atoms with van der Waals surface area (Å²) in [6, 6.07) is 2.52. The van der Waals surface area contributed by atoms with Crippen LogP contribution in [0.25, 0.3) is 0 Å². The van der Waals surface area contributed by atoms with Gasteiger partial charge in [-0.25, -0.2) is 8.42 Å². The van der Waals surface area contributed by atoms with Crippen molar-refractivity contribution in [2.75, 3.05) is 13.1 Å². The Hall–Kier alpha value is -0.300. The predicted octanol–water partition coefficient (Wildman–Crippen LogP) is 3.90. The molecule has 1 aliphatic rings. The van der Waals surface area contributed by atoms with Crippen LogP contribution in [0.15, 0.2) is 21.5 Å². The molecule has 0 aliphatic carbocycles. The Labute approximate surface area is 142 Å². The first-order valence-corrected chi connectivity index (χ1v) is 9.91. The van der Waals surface area contributed by atoms with Gasteiger partial charge in [0.15, 0.2) is 0 Å². The van der Waals surface area contributed by atoms with Crippen molar-refractivity contribution in [3.05, 3.63) is 27.2 Å². The van der Waals surface area contributed by atoms with Gasteiger partial charge in [-0.15, -0.1) is 0 Å². The fourth-order valence-electron chi connectivity index (χ4n) is 2.24. The molecule has 1 fully saturated rings. The maximum atomic E-state index is 12.5. The van der Waals surface area contributed by atoms with Gasteiger partial charge in [0.05, 0.1) is 15.5 Å². The highest BCUT2D eigenvalue weighted by Gasteiger charge is 2.26. The van der Waals surface area contributed by atoms with E-state index >= 15 is 0 Å². The Morgan fingerprint density at radius 2 is 1.90 bits per heavy atom. The van der Waals surface area contributed by atoms with Crippen molar-refractivity contribution in [2.24, 2.45) is 5.92 Å². The van der Waals surface area contributed by atoms with E-state index < -0.39 is 9.05 Å². The van der Waals surface area contributed by atoms with Crippen molar-refractivity contribution in [2.45, 2.75) is 24.7 Å². The molecule has 0 aromatic heterocycles. The molecule has 0 bridgehead atoms. The number of amides is 1. The lowest BCUT2D eigenvalue weighted by molar-refractivity contribution is 0.0697. The SMILES string of the molecule is CC1CCN(C(=O)c2cc(S(=O)(=O)Cl)cc(Br)c2Cl)CC1. The second-order valence-electron chi connectivity index (χ2n) is 5.18. The number of rotatable bonds is 2. The topological polar surface area (TPSA) is 54.5 Å². The molecule has 0 saturated carbocycles. The average Bonchev–Trinajstić information content (AvgIpc) is 2.40. The van der Waals surface area contributed by atoms with Gasteiger partial charge in [-0.1, -0.05) is 18.5 Å². The van der Waals surface area contributed by atoms with Crippen molar-refractivity contribution < 1.29 is 13.2 Å². The number of nitrogens with zero attached hydrogens (tertiary/aromatic N) is 1. The molecule has 1 aromatic carbocycles. The van der Waals surface area contributed by atoms with Gasteiger partial charge in [0.25, 0.3) is 15.0 Å². The molecule has 0 atom stereocenters. The van der Waals surface area contributed by atoms with E-state index in [-0.39, 0.29) is 21.4 Å². The Morgan fingerprint density at radius 3 is 2.43 bits per heavy atom. The zero-order chi connectivity index (χ0) is 15.8. The van der Waals surface area contributed by atoms with Crippen LogP contribution in [0.2, 0.25) is 5.02 Å². The van der Waals surface area contributed by atoms with Crippen molar-refractivity contribution in [1.82, 2.24) is 4.90 Å². The Balaban J connectivity index is 2.39. The van der Waals surface area contributed by atoms with Gasteiger partial charge in [-0.3, -0.25) is 4.79 Å². The summed E-state index contributed by atoms with van der Waals surface area (Å²) in [5.41, 5.74) is 0.153. The molecule has 4 nitrogen and oxygen atoms in total. The molecule has 0 unspecified atom stereocenters. The zero-order valence-electron chi connectivity index (χ0n) is 11.3. The first-order valence-electron chi connectivity index (χ1n) is 6.43. The van der Waals surface area contributed by atoms with E-state index in [4.69, 9.17) is 22.3 Å². The molecule has 116 valence electrons. The van der Waals surface area contributed by atoms with Crippen molar-refractivity contribution in [3.8, 4) is 0 Å². The molecule has 0 radical (unpaired) electrons. The first kappa shape index (κ1) is 17.1. The Bertz CT molecular complexity index is 670. The van der Waals surface area contributed by atoms with Crippen LogP contribution in [0.5, 0.6) is 0 Å². The van der Waals surface area contributed by atoms with Crippen LogP contribution in [-0.2, 0) is 9.05 Å². The maximum absolute atomic E-state index is 12.5. The quantitative estimate of drug-likeness (QED) is 0.689. The van der Waals surface area contributed by atoms with E-state index in [0.29, 0.717) is 23.5 Å². The van der Waals surface area contributed by atoms with Crippen LogP contribution in [0.4, 0.5) is 0 Å². The lowest BCUT2D eigenvalue weighted by atomic mass is 9.98. The van der Waals surface area contributed by atoms with Gasteiger partial charge in [0.2, 0.25) is 0 Å². The van der Waals surface area contributed by atoms with Crippen molar-refractivity contribution in [1.29, 1.82) is 0 Å². The second kappa shape index (κ2) is 6.44. The van der Waals surface area contributed by atoms with Crippen LogP contribution in [0.1, 0.15) is 30.1 Å². The molecular formula is C13H14BrCl2NO3S. The van der Waals surface area contributed by atoms with Gasteiger partial charge in [0, 0.05) is 28.2 Å². The van der Waals surface area contributed by atoms with E-state index in [0.717, 1.165) is 12.8 Å². The molecule has 1 heterocycles. The van der Waals surface area contributed by atoms with Gasteiger partial charge in [-0.05, 0) is 46.8 Å². The summed E-state index contributed by atoms with van der Waals surface area (Å²) in [6.07, 6.45) is 1.86. The number of piperidine rings is 1. The van der Waals surface area contributed by atoms with E-state index in [1.54, 1.807) is 4.90 Å². The lowest BCUT2D eigenvalue weighted by Gasteiger charge is -2.30. The third-order valence-electron chi connectivity index (χ3n) is 3.58. The number of hydrogen-bond donors (Lipinski definition) is 0. The molecule has 1 aliphatic heterocycles. The molecular weight excluding hydrogens is 401 g/mol. The monoisotopic (exact) mass is 413 g/mol. The van der Waals surface area contributed by atoms with E-state index in [1.165, 1.54) is 12.1 Å². The highest BCUT2D eigenvalue weighted by Crippen LogP contribution is 2.32. The van der Waals surface area contributed by atoms with E-state index in [1.807, 2.05) is 0 Å². The normalized spacial score (nSPS) is 17.0. The van der Waals surface area contributed by atoms with Gasteiger partial charge < -0.3 is 4.90 Å². The van der Waals surface area contributed by atoms with Gasteiger partial charge >= 0.3 is 0 Å². The average molecular weight is 415 g/mol. The Morgan fingerprint density at radius 1 is 1.33 bits per heavy atom. The summed E-state index contributed by atoms with van der Waals surface area (Å²) in [4.78, 5) is 14.1. The summed E-state index contributed by atoms with van der Waals surface area (Å²) >= 11 is 9.29. The number of hydrogen-bond acceptors (Lipinski definition) is 3. The largest absolute Gasteiger partial charge is 0.339 e. The highest BCUT2D eigenvalue weighted by molar-refractivity contribution is 9.10. The van der Waals surface area contributed by atoms with Crippen LogP contribution in [-0.4, -0.2) is 32.3 Å². The summed E-state index contributed by atoms with van der Waals surface area (Å²) in [5, 5.41) is 0.197. The fraction of sp³-hybridized carbons (Fsp3) is 0.462. The number of halogens is 3. The molecule has 2 rings (SSSR count). The summed E-state index contributed by atoms with van der Waals surface area (Å²) in [5.74, 6) is 0.320. The smallest absolute Gasteiger partial charge is 0.261 e. The molecule has 1 saturated heterocycles. The summed E-state index contributed by atoms with van der Waals surface area (Å²) < 4.78 is 23.3. The third kappa shape index (κ3) is 3.92. The minimum absolute atomic E-state index is 0.144. The molecule has 1 aromatic rings. The summed E-state index contributed by atoms with van der Waals surface area (Å²) in [6.45, 7) is 3.43. The maximum Gasteiger partial charge on any atom is 0.261 e. The Kier molecular flexibility index (Phi) is 5.23. The second-order valence-corrected chi connectivity index (χ2v) is 8.98. The van der Waals surface area contributed by atoms with Gasteiger partial charge in [0.1, 0.15) is 0 Å². The fourth-order valence-corrected chi connectivity index (χ4v) is 3.83. The number of carbonyl (C=O) groups is 1. The predicted molar refractivity (Wildman–Crippen MR) is 86.5 cm³/mol. The third-order valence-corrected chi connectivity index (χ3v) is 6.18. The van der Waals surface area contributed by atoms with Gasteiger partial charge in [-0.2, -0.15) is 0 Å². The standard InChI is InChI=1S/C13H14BrCl2NO3S/c1-8-2-4-17(5-3-8)13(18)10-6-9(21(16,19)20)7-11(14)12(10)15/h6-8H,2-5H2,1H3. The molecule has 21 heavy (non-hydrogen) atoms. The van der Waals surface area contributed by atoms with Crippen LogP contribution >= 0.6 is 38.2 Å².